The van der Waals surface area contributed by atoms with Gasteiger partial charge in [0.25, 0.3) is 0 Å². The highest BCUT2D eigenvalue weighted by Gasteiger charge is 2.03. The maximum atomic E-state index is 9.88. The summed E-state index contributed by atoms with van der Waals surface area (Å²) in [7, 11) is 1.31. The van der Waals surface area contributed by atoms with E-state index >= 15 is 0 Å². The van der Waals surface area contributed by atoms with Crippen molar-refractivity contribution in [3.05, 3.63) is 0 Å². The standard InChI is InChI=1S/C5H8O4/c1-8-9-4-5(2-6)3-7/h2-3,5H,4H2,1H3. The van der Waals surface area contributed by atoms with E-state index in [1.165, 1.54) is 7.11 Å². The van der Waals surface area contributed by atoms with Crippen LogP contribution < -0.4 is 0 Å². The Hall–Kier alpha value is -0.740. The molecule has 0 aliphatic carbocycles. The Labute approximate surface area is 52.7 Å². The fourth-order valence-electron chi connectivity index (χ4n) is 0.257. The molecule has 0 saturated carbocycles. The molecule has 0 rings (SSSR count). The zero-order valence-electron chi connectivity index (χ0n) is 5.07. The highest BCUT2D eigenvalue weighted by atomic mass is 17.2. The number of hydrogen-bond donors (Lipinski definition) is 0. The summed E-state index contributed by atoms with van der Waals surface area (Å²) in [6, 6.07) is 0. The van der Waals surface area contributed by atoms with Gasteiger partial charge in [-0.15, -0.1) is 0 Å². The van der Waals surface area contributed by atoms with Gasteiger partial charge in [-0.1, -0.05) is 0 Å². The van der Waals surface area contributed by atoms with Crippen LogP contribution in [0.2, 0.25) is 0 Å². The van der Waals surface area contributed by atoms with Crippen molar-refractivity contribution in [2.75, 3.05) is 13.7 Å². The quantitative estimate of drug-likeness (QED) is 0.220. The Morgan fingerprint density at radius 3 is 2.33 bits per heavy atom. The van der Waals surface area contributed by atoms with Gasteiger partial charge in [0.2, 0.25) is 0 Å². The van der Waals surface area contributed by atoms with Crippen molar-refractivity contribution in [1.29, 1.82) is 0 Å². The topological polar surface area (TPSA) is 52.6 Å². The van der Waals surface area contributed by atoms with Crippen LogP contribution in [0.15, 0.2) is 0 Å². The number of carbonyl (C=O) groups is 2. The minimum Gasteiger partial charge on any atom is -0.303 e. The zero-order valence-corrected chi connectivity index (χ0v) is 5.07. The molecule has 0 heterocycles. The lowest BCUT2D eigenvalue weighted by Gasteiger charge is -1.98. The van der Waals surface area contributed by atoms with Crippen molar-refractivity contribution in [3.8, 4) is 0 Å². The summed E-state index contributed by atoms with van der Waals surface area (Å²) in [5, 5.41) is 0. The molecule has 0 aromatic heterocycles. The van der Waals surface area contributed by atoms with Crippen molar-refractivity contribution >= 4 is 12.6 Å². The van der Waals surface area contributed by atoms with Gasteiger partial charge in [-0.05, 0) is 0 Å². The molecule has 0 bridgehead atoms. The van der Waals surface area contributed by atoms with Gasteiger partial charge in [-0.25, -0.2) is 9.78 Å². The van der Waals surface area contributed by atoms with Gasteiger partial charge in [0, 0.05) is 0 Å². The molecule has 0 radical (unpaired) electrons. The first-order valence-corrected chi connectivity index (χ1v) is 2.41. The molecule has 0 unspecified atom stereocenters. The first kappa shape index (κ1) is 8.26. The summed E-state index contributed by atoms with van der Waals surface area (Å²) in [4.78, 5) is 28.2. The van der Waals surface area contributed by atoms with Gasteiger partial charge in [0.05, 0.1) is 19.6 Å². The second-order valence-corrected chi connectivity index (χ2v) is 1.39. The normalized spacial score (nSPS) is 9.56. The van der Waals surface area contributed by atoms with Gasteiger partial charge < -0.3 is 9.59 Å². The third-order valence-corrected chi connectivity index (χ3v) is 0.728. The lowest BCUT2D eigenvalue weighted by atomic mass is 10.2. The average Bonchev–Trinajstić information content (AvgIpc) is 1.91. The van der Waals surface area contributed by atoms with Gasteiger partial charge in [0.15, 0.2) is 0 Å². The summed E-state index contributed by atoms with van der Waals surface area (Å²) in [5.41, 5.74) is 0. The zero-order chi connectivity index (χ0) is 7.11. The van der Waals surface area contributed by atoms with Crippen LogP contribution in [0.3, 0.4) is 0 Å². The third-order valence-electron chi connectivity index (χ3n) is 0.728. The molecule has 4 nitrogen and oxygen atoms in total. The predicted molar refractivity (Wildman–Crippen MR) is 28.6 cm³/mol. The minimum absolute atomic E-state index is 0.0104. The molecule has 0 aromatic carbocycles. The second-order valence-electron chi connectivity index (χ2n) is 1.39. The lowest BCUT2D eigenvalue weighted by molar-refractivity contribution is -0.275. The fourth-order valence-corrected chi connectivity index (χ4v) is 0.257. The largest absolute Gasteiger partial charge is 0.303 e. The van der Waals surface area contributed by atoms with Crippen molar-refractivity contribution < 1.29 is 19.4 Å². The van der Waals surface area contributed by atoms with Crippen LogP contribution in [0.5, 0.6) is 0 Å². The van der Waals surface area contributed by atoms with Gasteiger partial charge >= 0.3 is 0 Å². The van der Waals surface area contributed by atoms with Crippen LogP contribution in [0.4, 0.5) is 0 Å². The van der Waals surface area contributed by atoms with E-state index < -0.39 is 5.92 Å². The Bertz CT molecular complexity index is 83.0. The van der Waals surface area contributed by atoms with Gasteiger partial charge in [-0.3, -0.25) is 0 Å². The molecule has 0 fully saturated rings. The number of rotatable bonds is 5. The summed E-state index contributed by atoms with van der Waals surface area (Å²) >= 11 is 0. The van der Waals surface area contributed by atoms with Crippen LogP contribution >= 0.6 is 0 Å². The van der Waals surface area contributed by atoms with Gasteiger partial charge in [0.1, 0.15) is 12.6 Å². The van der Waals surface area contributed by atoms with Crippen LogP contribution in [0.1, 0.15) is 0 Å². The Morgan fingerprint density at radius 1 is 1.44 bits per heavy atom. The SMILES string of the molecule is COOCC(C=O)C=O. The van der Waals surface area contributed by atoms with Crippen molar-refractivity contribution in [3.63, 3.8) is 0 Å². The van der Waals surface area contributed by atoms with E-state index in [0.717, 1.165) is 0 Å². The van der Waals surface area contributed by atoms with Crippen molar-refractivity contribution in [1.82, 2.24) is 0 Å². The van der Waals surface area contributed by atoms with E-state index in [0.29, 0.717) is 12.6 Å². The first-order valence-electron chi connectivity index (χ1n) is 2.41. The highest BCUT2D eigenvalue weighted by Crippen LogP contribution is 1.86. The van der Waals surface area contributed by atoms with E-state index in [1.54, 1.807) is 0 Å². The Morgan fingerprint density at radius 2 is 2.00 bits per heavy atom. The van der Waals surface area contributed by atoms with Crippen LogP contribution in [0, 0.1) is 5.92 Å². The number of carbonyl (C=O) groups excluding carboxylic acids is 2. The van der Waals surface area contributed by atoms with Crippen LogP contribution in [0.25, 0.3) is 0 Å². The first-order chi connectivity index (χ1) is 4.35. The highest BCUT2D eigenvalue weighted by molar-refractivity contribution is 5.77. The maximum absolute atomic E-state index is 9.88. The van der Waals surface area contributed by atoms with Crippen LogP contribution in [-0.4, -0.2) is 26.3 Å². The molecule has 0 aliphatic rings. The average molecular weight is 132 g/mol. The summed E-state index contributed by atoms with van der Waals surface area (Å²) < 4.78 is 0. The smallest absolute Gasteiger partial charge is 0.132 e. The fraction of sp³-hybridized carbons (Fsp3) is 0.600. The predicted octanol–water partition coefficient (Wildman–Crippen LogP) is -0.422. The third kappa shape index (κ3) is 3.81. The molecule has 0 atom stereocenters. The van der Waals surface area contributed by atoms with E-state index in [1.807, 2.05) is 0 Å². The van der Waals surface area contributed by atoms with Crippen LogP contribution in [-0.2, 0) is 19.4 Å². The van der Waals surface area contributed by atoms with Gasteiger partial charge in [-0.2, -0.15) is 0 Å². The Balaban J connectivity index is 3.30. The lowest BCUT2D eigenvalue weighted by Crippen LogP contribution is -2.11. The summed E-state index contributed by atoms with van der Waals surface area (Å²) in [6.07, 6.45) is 1.01. The molecular weight excluding hydrogens is 124 g/mol. The molecule has 0 saturated heterocycles. The molecular formula is C5H8O4. The minimum atomic E-state index is -0.704. The van der Waals surface area contributed by atoms with E-state index in [2.05, 4.69) is 9.78 Å². The number of hydrogen-bond acceptors (Lipinski definition) is 4. The molecule has 0 amide bonds. The molecule has 4 heteroatoms. The Kier molecular flexibility index (Phi) is 4.95. The van der Waals surface area contributed by atoms with Crippen molar-refractivity contribution in [2.24, 2.45) is 5.92 Å². The molecule has 0 aliphatic heterocycles. The van der Waals surface area contributed by atoms with E-state index in [-0.39, 0.29) is 6.61 Å². The molecule has 0 N–H and O–H groups in total. The summed E-state index contributed by atoms with van der Waals surface area (Å²) in [5.74, 6) is -0.704. The second kappa shape index (κ2) is 5.40. The summed E-state index contributed by atoms with van der Waals surface area (Å²) in [6.45, 7) is -0.0104. The molecule has 0 spiro atoms. The molecule has 0 aromatic rings. The van der Waals surface area contributed by atoms with E-state index in [9.17, 15) is 9.59 Å². The molecule has 9 heavy (non-hydrogen) atoms. The van der Waals surface area contributed by atoms with Crippen molar-refractivity contribution in [2.45, 2.75) is 0 Å². The monoisotopic (exact) mass is 132 g/mol. The maximum Gasteiger partial charge on any atom is 0.132 e. The number of aldehydes is 2. The molecule has 52 valence electrons. The van der Waals surface area contributed by atoms with E-state index in [4.69, 9.17) is 0 Å².